The van der Waals surface area contributed by atoms with E-state index in [1.54, 1.807) is 41.2 Å². The number of rotatable bonds is 3. The third kappa shape index (κ3) is 3.37. The van der Waals surface area contributed by atoms with Gasteiger partial charge >= 0.3 is 0 Å². The summed E-state index contributed by atoms with van der Waals surface area (Å²) in [6.07, 6.45) is 8.82. The van der Waals surface area contributed by atoms with Gasteiger partial charge in [-0.05, 0) is 43.2 Å². The minimum Gasteiger partial charge on any atom is -0.384 e. The number of fused-ring (bicyclic) bond motifs is 1. The van der Waals surface area contributed by atoms with E-state index in [1.807, 2.05) is 29.3 Å². The van der Waals surface area contributed by atoms with Crippen LogP contribution in [0.3, 0.4) is 0 Å². The topological polar surface area (TPSA) is 89.4 Å². The summed E-state index contributed by atoms with van der Waals surface area (Å²) >= 11 is 6.04. The molecule has 0 unspecified atom stereocenters. The third-order valence-corrected chi connectivity index (χ3v) is 5.62. The second-order valence-corrected chi connectivity index (χ2v) is 7.78. The number of pyridine rings is 3. The number of aromatic nitrogens is 4. The summed E-state index contributed by atoms with van der Waals surface area (Å²) in [5.41, 5.74) is 9.54. The molecule has 0 radical (unpaired) electrons. The van der Waals surface area contributed by atoms with E-state index in [9.17, 15) is 4.79 Å². The Hall–Kier alpha value is -3.45. The van der Waals surface area contributed by atoms with Crippen molar-refractivity contribution in [3.8, 4) is 11.1 Å². The number of carbonyl (C=O) groups is 1. The Bertz CT molecular complexity index is 1220. The highest BCUT2D eigenvalue weighted by molar-refractivity contribution is 6.30. The predicted octanol–water partition coefficient (Wildman–Crippen LogP) is 4.00. The lowest BCUT2D eigenvalue weighted by Crippen LogP contribution is -2.31. The van der Waals surface area contributed by atoms with Gasteiger partial charge in [-0.15, -0.1) is 0 Å². The van der Waals surface area contributed by atoms with Crippen molar-refractivity contribution in [1.82, 2.24) is 24.3 Å². The predicted molar refractivity (Wildman–Crippen MR) is 115 cm³/mol. The molecule has 0 aliphatic carbocycles. The molecule has 7 nitrogen and oxygen atoms in total. The van der Waals surface area contributed by atoms with Gasteiger partial charge in [0.1, 0.15) is 17.2 Å². The highest BCUT2D eigenvalue weighted by atomic mass is 35.5. The standard InChI is InChI=1S/C22H19ClN6O/c23-16-5-8-21-27-18(13-28(21)12-16)22(30)29-9-1-2-19(29)17-6-3-14(10-25-17)15-4-7-20(24)26-11-15/h3-8,10-13,19H,1-2,9H2,(H2,24,26)/t19-/m0/s1. The Balaban J connectivity index is 1.40. The number of carbonyl (C=O) groups excluding carboxylic acids is 1. The Morgan fingerprint density at radius 1 is 1.03 bits per heavy atom. The van der Waals surface area contributed by atoms with Crippen molar-refractivity contribution in [3.63, 3.8) is 0 Å². The summed E-state index contributed by atoms with van der Waals surface area (Å²) in [5, 5.41) is 0.596. The zero-order chi connectivity index (χ0) is 20.7. The molecule has 0 spiro atoms. The molecule has 1 saturated heterocycles. The van der Waals surface area contributed by atoms with Crippen molar-refractivity contribution in [3.05, 3.63) is 77.6 Å². The van der Waals surface area contributed by atoms with E-state index in [2.05, 4.69) is 15.0 Å². The summed E-state index contributed by atoms with van der Waals surface area (Å²) in [7, 11) is 0. The highest BCUT2D eigenvalue weighted by Gasteiger charge is 2.32. The second kappa shape index (κ2) is 7.42. The minimum atomic E-state index is -0.0917. The average Bonchev–Trinajstić information content (AvgIpc) is 3.41. The molecule has 30 heavy (non-hydrogen) atoms. The van der Waals surface area contributed by atoms with Crippen LogP contribution in [0.25, 0.3) is 16.8 Å². The maximum absolute atomic E-state index is 13.2. The number of nitrogens with two attached hydrogens (primary N) is 1. The van der Waals surface area contributed by atoms with Gasteiger partial charge in [-0.25, -0.2) is 9.97 Å². The molecule has 8 heteroatoms. The highest BCUT2D eigenvalue weighted by Crippen LogP contribution is 2.33. The molecule has 1 aliphatic rings. The van der Waals surface area contributed by atoms with Crippen LogP contribution in [0.1, 0.15) is 35.1 Å². The van der Waals surface area contributed by atoms with Gasteiger partial charge in [-0.2, -0.15) is 0 Å². The van der Waals surface area contributed by atoms with Gasteiger partial charge in [-0.3, -0.25) is 9.78 Å². The lowest BCUT2D eigenvalue weighted by Gasteiger charge is -2.23. The molecule has 1 atom stereocenters. The van der Waals surface area contributed by atoms with E-state index in [-0.39, 0.29) is 11.9 Å². The number of amides is 1. The van der Waals surface area contributed by atoms with Gasteiger partial charge in [0.2, 0.25) is 0 Å². The maximum Gasteiger partial charge on any atom is 0.274 e. The van der Waals surface area contributed by atoms with Crippen LogP contribution >= 0.6 is 11.6 Å². The Kier molecular flexibility index (Phi) is 4.59. The monoisotopic (exact) mass is 418 g/mol. The van der Waals surface area contributed by atoms with Crippen LogP contribution < -0.4 is 5.73 Å². The molecule has 0 aromatic carbocycles. The van der Waals surface area contributed by atoms with E-state index in [0.717, 1.165) is 29.7 Å². The van der Waals surface area contributed by atoms with Gasteiger partial charge < -0.3 is 15.0 Å². The van der Waals surface area contributed by atoms with Gasteiger partial charge in [0.05, 0.1) is 16.8 Å². The third-order valence-electron chi connectivity index (χ3n) is 5.40. The number of hydrogen-bond donors (Lipinski definition) is 1. The number of hydrogen-bond acceptors (Lipinski definition) is 5. The van der Waals surface area contributed by atoms with E-state index < -0.39 is 0 Å². The summed E-state index contributed by atoms with van der Waals surface area (Å²) in [6, 6.07) is 11.2. The number of nitrogens with zero attached hydrogens (tertiary/aromatic N) is 5. The first-order chi connectivity index (χ1) is 14.6. The van der Waals surface area contributed by atoms with Gasteiger partial charge in [0, 0.05) is 42.5 Å². The fourth-order valence-corrected chi connectivity index (χ4v) is 4.05. The molecule has 150 valence electrons. The van der Waals surface area contributed by atoms with Crippen LogP contribution in [0.15, 0.2) is 61.2 Å². The average molecular weight is 419 g/mol. The summed E-state index contributed by atoms with van der Waals surface area (Å²) < 4.78 is 1.77. The molecule has 5 heterocycles. The van der Waals surface area contributed by atoms with Crippen LogP contribution in [0.5, 0.6) is 0 Å². The molecule has 4 aromatic rings. The van der Waals surface area contributed by atoms with Crippen molar-refractivity contribution in [2.75, 3.05) is 12.3 Å². The molecule has 0 bridgehead atoms. The van der Waals surface area contributed by atoms with E-state index in [4.69, 9.17) is 17.3 Å². The van der Waals surface area contributed by atoms with Crippen LogP contribution in [0.2, 0.25) is 5.02 Å². The molecule has 1 fully saturated rings. The first-order valence-electron chi connectivity index (χ1n) is 9.71. The minimum absolute atomic E-state index is 0.0653. The lowest BCUT2D eigenvalue weighted by molar-refractivity contribution is 0.0727. The summed E-state index contributed by atoms with van der Waals surface area (Å²) in [6.45, 7) is 0.684. The van der Waals surface area contributed by atoms with Crippen LogP contribution in [-0.4, -0.2) is 36.7 Å². The van der Waals surface area contributed by atoms with Crippen LogP contribution in [-0.2, 0) is 0 Å². The second-order valence-electron chi connectivity index (χ2n) is 7.34. The first kappa shape index (κ1) is 18.6. The van der Waals surface area contributed by atoms with Crippen molar-refractivity contribution >= 4 is 29.0 Å². The molecule has 1 amide bonds. The Morgan fingerprint density at radius 2 is 1.83 bits per heavy atom. The summed E-state index contributed by atoms with van der Waals surface area (Å²) in [4.78, 5) is 28.3. The first-order valence-corrected chi connectivity index (χ1v) is 10.1. The molecular weight excluding hydrogens is 400 g/mol. The van der Waals surface area contributed by atoms with Crippen molar-refractivity contribution < 1.29 is 4.79 Å². The number of nitrogen functional groups attached to an aromatic ring is 1. The van der Waals surface area contributed by atoms with Crippen molar-refractivity contribution in [1.29, 1.82) is 0 Å². The lowest BCUT2D eigenvalue weighted by atomic mass is 10.1. The largest absolute Gasteiger partial charge is 0.384 e. The molecule has 5 rings (SSSR count). The molecule has 4 aromatic heterocycles. The molecule has 2 N–H and O–H groups in total. The van der Waals surface area contributed by atoms with E-state index >= 15 is 0 Å². The normalized spacial score (nSPS) is 16.3. The number of anilines is 1. The number of imidazole rings is 1. The quantitative estimate of drug-likeness (QED) is 0.543. The maximum atomic E-state index is 13.2. The van der Waals surface area contributed by atoms with E-state index in [1.165, 1.54) is 0 Å². The van der Waals surface area contributed by atoms with Gasteiger partial charge in [-0.1, -0.05) is 17.7 Å². The number of likely N-dealkylation sites (tertiary alicyclic amines) is 1. The van der Waals surface area contributed by atoms with E-state index in [0.29, 0.717) is 28.7 Å². The zero-order valence-electron chi connectivity index (χ0n) is 16.1. The SMILES string of the molecule is Nc1ccc(-c2ccc([C@@H]3CCCN3C(=O)c3cn4cc(Cl)ccc4n3)nc2)cn1. The van der Waals surface area contributed by atoms with Crippen LogP contribution in [0, 0.1) is 0 Å². The zero-order valence-corrected chi connectivity index (χ0v) is 16.8. The van der Waals surface area contributed by atoms with Crippen molar-refractivity contribution in [2.24, 2.45) is 0 Å². The fraction of sp³-hybridized carbons (Fsp3) is 0.182. The number of halogens is 1. The molecular formula is C22H19ClN6O. The molecule has 1 aliphatic heterocycles. The fourth-order valence-electron chi connectivity index (χ4n) is 3.88. The summed E-state index contributed by atoms with van der Waals surface area (Å²) in [5.74, 6) is 0.392. The van der Waals surface area contributed by atoms with Gasteiger partial charge in [0.15, 0.2) is 0 Å². The van der Waals surface area contributed by atoms with Gasteiger partial charge in [0.25, 0.3) is 5.91 Å². The van der Waals surface area contributed by atoms with Crippen LogP contribution in [0.4, 0.5) is 5.82 Å². The Labute approximate surface area is 178 Å². The Morgan fingerprint density at radius 3 is 2.57 bits per heavy atom. The molecule has 0 saturated carbocycles. The van der Waals surface area contributed by atoms with Crippen molar-refractivity contribution in [2.45, 2.75) is 18.9 Å². The smallest absolute Gasteiger partial charge is 0.274 e.